The van der Waals surface area contributed by atoms with Crippen molar-refractivity contribution in [1.29, 1.82) is 0 Å². The summed E-state index contributed by atoms with van der Waals surface area (Å²) in [5.74, 6) is 0.358. The molecule has 8 nitrogen and oxygen atoms in total. The Morgan fingerprint density at radius 1 is 1.15 bits per heavy atom. The van der Waals surface area contributed by atoms with Crippen molar-refractivity contribution in [2.45, 2.75) is 6.10 Å². The van der Waals surface area contributed by atoms with E-state index in [1.165, 1.54) is 0 Å². The fraction of sp³-hybridized carbons (Fsp3) is 0.250. The number of hydrogen-bond donors (Lipinski definition) is 2. The number of fused-ring (bicyclic) bond motifs is 2. The third kappa shape index (κ3) is 1.51. The molecule has 0 bridgehead atoms. The van der Waals surface area contributed by atoms with Crippen LogP contribution in [0.3, 0.4) is 0 Å². The molecule has 0 aliphatic carbocycles. The number of hydrogen-bond acceptors (Lipinski definition) is 6. The first-order chi connectivity index (χ1) is 9.72. The number of carbonyl (C=O) groups excluding carboxylic acids is 2. The Kier molecular flexibility index (Phi) is 2.14. The third-order valence-corrected chi connectivity index (χ3v) is 3.35. The molecule has 4 rings (SSSR count). The van der Waals surface area contributed by atoms with E-state index in [4.69, 9.17) is 14.3 Å². The van der Waals surface area contributed by atoms with Gasteiger partial charge in [0.15, 0.2) is 23.4 Å². The number of amidine groups is 1. The molecule has 102 valence electrons. The van der Waals surface area contributed by atoms with Gasteiger partial charge in [-0.25, -0.2) is 4.79 Å². The minimum absolute atomic E-state index is 0.173. The maximum absolute atomic E-state index is 11.9. The summed E-state index contributed by atoms with van der Waals surface area (Å²) in [5.41, 5.74) is 0.726. The highest BCUT2D eigenvalue weighted by molar-refractivity contribution is 6.18. The van der Waals surface area contributed by atoms with E-state index in [0.29, 0.717) is 11.5 Å². The number of imide groups is 1. The summed E-state index contributed by atoms with van der Waals surface area (Å²) in [6.45, 7) is 0.173. The molecule has 20 heavy (non-hydrogen) atoms. The summed E-state index contributed by atoms with van der Waals surface area (Å²) in [6, 6.07) is 4.67. The standard InChI is InChI=1S/C12H9N3O5/c16-11-8-9(20-15-10(8)13-12(17)14-11)5-1-2-6-7(3-5)19-4-18-6/h1-3,8-9H,4H2,(H2,13,14,15,16,17). The molecule has 1 saturated heterocycles. The van der Waals surface area contributed by atoms with Crippen LogP contribution in [0, 0.1) is 5.92 Å². The van der Waals surface area contributed by atoms with Gasteiger partial charge in [0.05, 0.1) is 0 Å². The maximum Gasteiger partial charge on any atom is 0.326 e. The molecule has 3 heterocycles. The zero-order valence-corrected chi connectivity index (χ0v) is 10.1. The lowest BCUT2D eigenvalue weighted by atomic mass is 9.93. The summed E-state index contributed by atoms with van der Waals surface area (Å²) in [7, 11) is 0. The first kappa shape index (κ1) is 11.1. The molecule has 1 aromatic rings. The first-order valence-electron chi connectivity index (χ1n) is 5.97. The molecule has 2 N–H and O–H groups in total. The Labute approximate surface area is 112 Å². The lowest BCUT2D eigenvalue weighted by Crippen LogP contribution is -2.55. The van der Waals surface area contributed by atoms with E-state index in [1.807, 2.05) is 0 Å². The first-order valence-corrected chi connectivity index (χ1v) is 5.97. The van der Waals surface area contributed by atoms with E-state index >= 15 is 0 Å². The monoisotopic (exact) mass is 275 g/mol. The number of amides is 3. The van der Waals surface area contributed by atoms with Crippen LogP contribution in [-0.4, -0.2) is 24.6 Å². The average molecular weight is 275 g/mol. The number of nitrogens with one attached hydrogen (secondary N) is 2. The predicted octanol–water partition coefficient (Wildman–Crippen LogP) is 0.256. The molecule has 1 fully saturated rings. The number of ether oxygens (including phenoxy) is 2. The molecular formula is C12H9N3O5. The van der Waals surface area contributed by atoms with Gasteiger partial charge >= 0.3 is 6.03 Å². The molecule has 3 aliphatic heterocycles. The van der Waals surface area contributed by atoms with E-state index in [2.05, 4.69) is 15.8 Å². The molecule has 0 radical (unpaired) electrons. The van der Waals surface area contributed by atoms with Gasteiger partial charge in [-0.05, 0) is 12.1 Å². The van der Waals surface area contributed by atoms with Gasteiger partial charge in [0.1, 0.15) is 5.92 Å². The summed E-state index contributed by atoms with van der Waals surface area (Å²) in [5, 5.41) is 8.42. The number of urea groups is 1. The number of nitrogens with zero attached hydrogens (tertiary/aromatic N) is 1. The van der Waals surface area contributed by atoms with E-state index in [-0.39, 0.29) is 12.6 Å². The SMILES string of the molecule is O=C1NC(=O)C2C(=NOC2c2ccc3c(c2)OCO3)N1. The van der Waals surface area contributed by atoms with Gasteiger partial charge in [0.25, 0.3) is 0 Å². The van der Waals surface area contributed by atoms with Crippen LogP contribution in [-0.2, 0) is 9.63 Å². The van der Waals surface area contributed by atoms with Crippen molar-refractivity contribution in [3.8, 4) is 11.5 Å². The van der Waals surface area contributed by atoms with Crippen LogP contribution in [0.4, 0.5) is 4.79 Å². The van der Waals surface area contributed by atoms with Crippen LogP contribution in [0.15, 0.2) is 23.4 Å². The number of carbonyl (C=O) groups is 2. The molecule has 0 aromatic heterocycles. The van der Waals surface area contributed by atoms with Crippen LogP contribution in [0.5, 0.6) is 11.5 Å². The fourth-order valence-electron chi connectivity index (χ4n) is 2.42. The molecule has 1 aromatic carbocycles. The second kappa shape index (κ2) is 3.86. The van der Waals surface area contributed by atoms with Crippen LogP contribution in [0.1, 0.15) is 11.7 Å². The summed E-state index contributed by atoms with van der Waals surface area (Å²) in [4.78, 5) is 28.4. The normalized spacial score (nSPS) is 26.3. The second-order valence-corrected chi connectivity index (χ2v) is 4.54. The molecule has 2 unspecified atom stereocenters. The molecule has 3 aliphatic rings. The smallest absolute Gasteiger partial charge is 0.326 e. The Hall–Kier alpha value is -2.77. The molecule has 8 heteroatoms. The summed E-state index contributed by atoms with van der Waals surface area (Å²) >= 11 is 0. The minimum Gasteiger partial charge on any atom is -0.454 e. The largest absolute Gasteiger partial charge is 0.454 e. The highest BCUT2D eigenvalue weighted by atomic mass is 16.7. The van der Waals surface area contributed by atoms with Gasteiger partial charge in [0, 0.05) is 5.56 Å². The number of oxime groups is 1. The lowest BCUT2D eigenvalue weighted by Gasteiger charge is -2.22. The van der Waals surface area contributed by atoms with E-state index < -0.39 is 24.0 Å². The number of rotatable bonds is 1. The third-order valence-electron chi connectivity index (χ3n) is 3.35. The van der Waals surface area contributed by atoms with Crippen LogP contribution >= 0.6 is 0 Å². The predicted molar refractivity (Wildman–Crippen MR) is 64.0 cm³/mol. The summed E-state index contributed by atoms with van der Waals surface area (Å²) in [6.07, 6.45) is -0.597. The Balaban J connectivity index is 1.67. The van der Waals surface area contributed by atoms with Crippen molar-refractivity contribution in [2.75, 3.05) is 6.79 Å². The number of benzene rings is 1. The minimum atomic E-state index is -0.673. The van der Waals surface area contributed by atoms with Gasteiger partial charge in [-0.1, -0.05) is 11.2 Å². The average Bonchev–Trinajstić information content (AvgIpc) is 3.03. The molecule has 0 saturated carbocycles. The Bertz CT molecular complexity index is 656. The van der Waals surface area contributed by atoms with Crippen molar-refractivity contribution in [1.82, 2.24) is 10.6 Å². The highest BCUT2D eigenvalue weighted by Gasteiger charge is 2.45. The fourth-order valence-corrected chi connectivity index (χ4v) is 2.42. The van der Waals surface area contributed by atoms with Crippen molar-refractivity contribution >= 4 is 17.8 Å². The van der Waals surface area contributed by atoms with Gasteiger partial charge < -0.3 is 14.3 Å². The van der Waals surface area contributed by atoms with Crippen LogP contribution in [0.2, 0.25) is 0 Å². The van der Waals surface area contributed by atoms with Crippen LogP contribution < -0.4 is 20.1 Å². The Morgan fingerprint density at radius 2 is 2.00 bits per heavy atom. The van der Waals surface area contributed by atoms with E-state index in [9.17, 15) is 9.59 Å². The quantitative estimate of drug-likeness (QED) is 0.765. The van der Waals surface area contributed by atoms with Crippen molar-refractivity contribution in [3.63, 3.8) is 0 Å². The van der Waals surface area contributed by atoms with Crippen molar-refractivity contribution in [3.05, 3.63) is 23.8 Å². The summed E-state index contributed by atoms with van der Waals surface area (Å²) < 4.78 is 10.5. The van der Waals surface area contributed by atoms with E-state index in [0.717, 1.165) is 5.56 Å². The zero-order valence-electron chi connectivity index (χ0n) is 10.1. The molecular weight excluding hydrogens is 266 g/mol. The van der Waals surface area contributed by atoms with Gasteiger partial charge in [-0.3, -0.25) is 15.4 Å². The van der Waals surface area contributed by atoms with Gasteiger partial charge in [-0.2, -0.15) is 0 Å². The zero-order chi connectivity index (χ0) is 13.7. The second-order valence-electron chi connectivity index (χ2n) is 4.54. The van der Waals surface area contributed by atoms with Gasteiger partial charge in [0.2, 0.25) is 12.7 Å². The van der Waals surface area contributed by atoms with E-state index in [1.54, 1.807) is 18.2 Å². The van der Waals surface area contributed by atoms with Crippen LogP contribution in [0.25, 0.3) is 0 Å². The van der Waals surface area contributed by atoms with Crippen molar-refractivity contribution < 1.29 is 23.9 Å². The topological polar surface area (TPSA) is 98.3 Å². The Morgan fingerprint density at radius 3 is 2.90 bits per heavy atom. The molecule has 3 amide bonds. The molecule has 2 atom stereocenters. The maximum atomic E-state index is 11.9. The van der Waals surface area contributed by atoms with Gasteiger partial charge in [-0.15, -0.1) is 0 Å². The lowest BCUT2D eigenvalue weighted by molar-refractivity contribution is -0.125. The van der Waals surface area contributed by atoms with Crippen molar-refractivity contribution in [2.24, 2.45) is 11.1 Å². The highest BCUT2D eigenvalue weighted by Crippen LogP contribution is 2.39. The molecule has 0 spiro atoms.